The molecule has 0 bridgehead atoms. The Morgan fingerprint density at radius 3 is 2.08 bits per heavy atom. The van der Waals surface area contributed by atoms with Gasteiger partial charge in [-0.1, -0.05) is 11.6 Å². The van der Waals surface area contributed by atoms with Gasteiger partial charge in [-0.2, -0.15) is 0 Å². The Labute approximate surface area is 344 Å². The maximum absolute atomic E-state index is 14.7. The third kappa shape index (κ3) is 8.35. The van der Waals surface area contributed by atoms with Gasteiger partial charge in [-0.3, -0.25) is 4.79 Å². The van der Waals surface area contributed by atoms with Crippen molar-refractivity contribution >= 4 is 11.0 Å². The van der Waals surface area contributed by atoms with Crippen molar-refractivity contribution in [3.8, 4) is 34.3 Å². The van der Waals surface area contributed by atoms with Gasteiger partial charge in [0.05, 0.1) is 25.9 Å². The van der Waals surface area contributed by atoms with Gasteiger partial charge in [-0.25, -0.2) is 0 Å². The van der Waals surface area contributed by atoms with Crippen LogP contribution in [0.4, 0.5) is 0 Å². The summed E-state index contributed by atoms with van der Waals surface area (Å²) >= 11 is 0. The van der Waals surface area contributed by atoms with Crippen LogP contribution in [0.2, 0.25) is 0 Å². The van der Waals surface area contributed by atoms with Gasteiger partial charge in [0, 0.05) is 24.1 Å². The summed E-state index contributed by atoms with van der Waals surface area (Å²) in [5.74, 6) is -5.28. The summed E-state index contributed by atoms with van der Waals surface area (Å²) in [6.45, 7) is 8.33. The Kier molecular flexibility index (Phi) is 13.3. The molecule has 15 atom stereocenters. The van der Waals surface area contributed by atoms with Gasteiger partial charge < -0.3 is 88.6 Å². The number of hydrogen-bond acceptors (Lipinski definition) is 19. The molecule has 0 saturated carbocycles. The predicted molar refractivity (Wildman–Crippen MR) is 207 cm³/mol. The van der Waals surface area contributed by atoms with Gasteiger partial charge in [0.15, 0.2) is 11.5 Å². The number of aliphatic hydroxyl groups is 9. The number of hydrogen-bond donors (Lipinski definition) is 10. The molecule has 3 aromatic rings. The summed E-state index contributed by atoms with van der Waals surface area (Å²) < 4.78 is 47.3. The topological polar surface area (TPSA) is 297 Å². The normalized spacial score (nSPS) is 37.1. The number of rotatable bonds is 11. The molecule has 332 valence electrons. The van der Waals surface area contributed by atoms with Crippen molar-refractivity contribution in [2.45, 2.75) is 139 Å². The van der Waals surface area contributed by atoms with E-state index in [9.17, 15) is 55.9 Å². The van der Waals surface area contributed by atoms with Gasteiger partial charge in [0.2, 0.25) is 23.3 Å². The molecule has 10 N–H and O–H groups in total. The van der Waals surface area contributed by atoms with Crippen LogP contribution in [0.25, 0.3) is 22.3 Å². The SMILES string of the molecule is COc1ccc(-c2oc3c(CC=C(C)C)c(O[C@]4(C)O[C@H](CO)[C@@H](O)[C@H](O)[C@H]4O)cc(O)c3c(=O)c2O[C@@H]2O[C@@H](C)[C@H](O[C@]3(C)O[C@@H](C)[C@H](O)[C@@H](O)[C@H]3O)[C@@H](O)[C@H]2O)cc1. The molecular weight excluding hydrogens is 796 g/mol. The second-order valence-corrected chi connectivity index (χ2v) is 15.9. The van der Waals surface area contributed by atoms with Crippen LogP contribution in [0.15, 0.2) is 51.2 Å². The standard InChI is InChI=1S/C41H54O19/c1-16(2)8-13-21-23(58-41(6)38(52)31(49)27(45)24(15-42)59-41)14-22(43)25-28(46)36(34(55-35(21)25)19-9-11-20(53-7)12-10-19)56-39-32(50)29(47)33(18(4)54-39)60-40(5)37(51)30(48)26(44)17(3)57-40/h8-12,14,17-18,24,26-27,29-33,37-39,42-45,47-52H,13,15H2,1-7H3/t17-,18-,24+,26-,27+,29-,30+,31-,32+,33-,37+,38+,39-,40-,41+/m0/s1. The molecule has 0 spiro atoms. The van der Waals surface area contributed by atoms with Gasteiger partial charge >= 0.3 is 0 Å². The minimum Gasteiger partial charge on any atom is -0.507 e. The number of allylic oxidation sites excluding steroid dienone is 2. The second-order valence-electron chi connectivity index (χ2n) is 15.9. The second kappa shape index (κ2) is 17.4. The van der Waals surface area contributed by atoms with E-state index in [1.165, 1.54) is 34.8 Å². The number of ether oxygens (including phenoxy) is 7. The molecule has 19 nitrogen and oxygen atoms in total. The molecule has 2 aromatic carbocycles. The van der Waals surface area contributed by atoms with Crippen LogP contribution in [-0.2, 0) is 25.4 Å². The minimum absolute atomic E-state index is 0.0159. The Balaban J connectivity index is 1.44. The monoisotopic (exact) mass is 850 g/mol. The highest BCUT2D eigenvalue weighted by Crippen LogP contribution is 2.44. The molecule has 3 saturated heterocycles. The highest BCUT2D eigenvalue weighted by molar-refractivity contribution is 5.91. The third-order valence-corrected chi connectivity index (χ3v) is 11.2. The van der Waals surface area contributed by atoms with E-state index < -0.39 is 120 Å². The number of aliphatic hydroxyl groups excluding tert-OH is 9. The van der Waals surface area contributed by atoms with Crippen LogP contribution in [0, 0.1) is 0 Å². The maximum atomic E-state index is 14.7. The quantitative estimate of drug-likeness (QED) is 0.111. The Bertz CT molecular complexity index is 2080. The first-order valence-electron chi connectivity index (χ1n) is 19.4. The van der Waals surface area contributed by atoms with E-state index in [-0.39, 0.29) is 34.6 Å². The van der Waals surface area contributed by atoms with Crippen molar-refractivity contribution < 1.29 is 88.6 Å². The summed E-state index contributed by atoms with van der Waals surface area (Å²) in [6.07, 6.45) is -18.9. The number of phenols is 1. The van der Waals surface area contributed by atoms with Crippen LogP contribution in [0.3, 0.4) is 0 Å². The van der Waals surface area contributed by atoms with Crippen molar-refractivity contribution in [1.82, 2.24) is 0 Å². The number of aromatic hydroxyl groups is 1. The lowest BCUT2D eigenvalue weighted by molar-refractivity contribution is -0.389. The molecule has 0 amide bonds. The van der Waals surface area contributed by atoms with Crippen molar-refractivity contribution in [2.75, 3.05) is 13.7 Å². The van der Waals surface area contributed by atoms with E-state index in [0.717, 1.165) is 11.6 Å². The first kappa shape index (κ1) is 45.6. The molecule has 19 heteroatoms. The van der Waals surface area contributed by atoms with E-state index in [4.69, 9.17) is 37.6 Å². The molecule has 1 aromatic heterocycles. The fourth-order valence-corrected chi connectivity index (χ4v) is 7.63. The summed E-state index contributed by atoms with van der Waals surface area (Å²) in [7, 11) is 1.45. The predicted octanol–water partition coefficient (Wildman–Crippen LogP) is -0.300. The van der Waals surface area contributed by atoms with Crippen molar-refractivity contribution in [2.24, 2.45) is 0 Å². The summed E-state index contributed by atoms with van der Waals surface area (Å²) in [5.41, 5.74) is 0.0839. The molecule has 3 aliphatic rings. The van der Waals surface area contributed by atoms with Crippen molar-refractivity contribution in [3.05, 3.63) is 57.8 Å². The van der Waals surface area contributed by atoms with Crippen molar-refractivity contribution in [1.29, 1.82) is 0 Å². The smallest absolute Gasteiger partial charge is 0.239 e. The number of phenolic OH excluding ortho intramolecular Hbond substituents is 1. The fourth-order valence-electron chi connectivity index (χ4n) is 7.63. The minimum atomic E-state index is -2.11. The zero-order chi connectivity index (χ0) is 44.2. The average molecular weight is 851 g/mol. The van der Waals surface area contributed by atoms with E-state index in [1.54, 1.807) is 30.3 Å². The summed E-state index contributed by atoms with van der Waals surface area (Å²) in [4.78, 5) is 14.7. The van der Waals surface area contributed by atoms with E-state index in [1.807, 2.05) is 13.8 Å². The fraction of sp³-hybridized carbons (Fsp3) is 0.585. The van der Waals surface area contributed by atoms with Crippen molar-refractivity contribution in [3.63, 3.8) is 0 Å². The molecule has 0 aliphatic carbocycles. The molecular formula is C41H54O19. The van der Waals surface area contributed by atoms with Gasteiger partial charge in [0.1, 0.15) is 89.3 Å². The number of methoxy groups -OCH3 is 1. The molecule has 0 radical (unpaired) electrons. The van der Waals surface area contributed by atoms with Crippen LogP contribution in [0.5, 0.6) is 23.0 Å². The Morgan fingerprint density at radius 2 is 1.47 bits per heavy atom. The third-order valence-electron chi connectivity index (χ3n) is 11.2. The first-order valence-corrected chi connectivity index (χ1v) is 19.4. The van der Waals surface area contributed by atoms with Crippen LogP contribution in [0.1, 0.15) is 47.1 Å². The van der Waals surface area contributed by atoms with Gasteiger partial charge in [-0.15, -0.1) is 0 Å². The highest BCUT2D eigenvalue weighted by atomic mass is 16.8. The van der Waals surface area contributed by atoms with Crippen LogP contribution in [-0.4, -0.2) is 156 Å². The largest absolute Gasteiger partial charge is 0.507 e. The first-order chi connectivity index (χ1) is 28.2. The zero-order valence-corrected chi connectivity index (χ0v) is 34.0. The maximum Gasteiger partial charge on any atom is 0.239 e. The lowest BCUT2D eigenvalue weighted by Gasteiger charge is -2.50. The Hall–Kier alpha value is -3.93. The van der Waals surface area contributed by atoms with E-state index in [2.05, 4.69) is 0 Å². The molecule has 60 heavy (non-hydrogen) atoms. The van der Waals surface area contributed by atoms with E-state index in [0.29, 0.717) is 5.75 Å². The van der Waals surface area contributed by atoms with E-state index >= 15 is 0 Å². The van der Waals surface area contributed by atoms with Gasteiger partial charge in [0.25, 0.3) is 0 Å². The molecule has 6 rings (SSSR count). The highest BCUT2D eigenvalue weighted by Gasteiger charge is 2.56. The zero-order valence-electron chi connectivity index (χ0n) is 34.0. The van der Waals surface area contributed by atoms with Crippen LogP contribution >= 0.6 is 0 Å². The summed E-state index contributed by atoms with van der Waals surface area (Å²) in [5, 5.41) is 107. The number of fused-ring (bicyclic) bond motifs is 1. The number of benzene rings is 2. The average Bonchev–Trinajstić information content (AvgIpc) is 3.21. The molecule has 0 unspecified atom stereocenters. The molecule has 3 fully saturated rings. The molecule has 4 heterocycles. The van der Waals surface area contributed by atoms with Crippen LogP contribution < -0.4 is 19.6 Å². The summed E-state index contributed by atoms with van der Waals surface area (Å²) in [6, 6.07) is 7.30. The van der Waals surface area contributed by atoms with Gasteiger partial charge in [-0.05, 0) is 65.3 Å². The lowest BCUT2D eigenvalue weighted by Crippen LogP contribution is -2.67. The Morgan fingerprint density at radius 1 is 0.833 bits per heavy atom. The molecule has 3 aliphatic heterocycles. The lowest BCUT2D eigenvalue weighted by atomic mass is 9.92.